The number of anilines is 1. The Kier molecular flexibility index (Phi) is 8.03. The molecule has 0 aliphatic carbocycles. The zero-order valence-electron chi connectivity index (χ0n) is 15.3. The summed E-state index contributed by atoms with van der Waals surface area (Å²) in [5.41, 5.74) is 1.65. The number of halogens is 2. The first-order valence-corrected chi connectivity index (χ1v) is 8.80. The maximum Gasteiger partial charge on any atom is 0.225 e. The molecule has 1 aliphatic rings. The van der Waals surface area contributed by atoms with Gasteiger partial charge in [-0.1, -0.05) is 18.2 Å². The van der Waals surface area contributed by atoms with Gasteiger partial charge >= 0.3 is 0 Å². The fourth-order valence-corrected chi connectivity index (χ4v) is 3.23. The summed E-state index contributed by atoms with van der Waals surface area (Å²) in [6, 6.07) is 14.1. The third-order valence-corrected chi connectivity index (χ3v) is 4.57. The molecule has 3 rings (SSSR count). The van der Waals surface area contributed by atoms with Crippen LogP contribution in [0.2, 0.25) is 0 Å². The highest BCUT2D eigenvalue weighted by atomic mass is 35.5. The summed E-state index contributed by atoms with van der Waals surface area (Å²) in [5.74, 6) is 0.426. The van der Waals surface area contributed by atoms with Crippen molar-refractivity contribution in [3.63, 3.8) is 0 Å². The molecule has 1 aliphatic heterocycles. The molecule has 1 fully saturated rings. The Morgan fingerprint density at radius 1 is 1.30 bits per heavy atom. The van der Waals surface area contributed by atoms with Gasteiger partial charge in [0.1, 0.15) is 11.6 Å². The van der Waals surface area contributed by atoms with Crippen molar-refractivity contribution in [2.45, 2.75) is 12.5 Å². The average molecular weight is 394 g/mol. The molecule has 27 heavy (non-hydrogen) atoms. The van der Waals surface area contributed by atoms with Gasteiger partial charge in [0.2, 0.25) is 5.91 Å². The lowest BCUT2D eigenvalue weighted by molar-refractivity contribution is -0.116. The summed E-state index contributed by atoms with van der Waals surface area (Å²) in [5, 5.41) is 6.24. The molecule has 0 radical (unpaired) electrons. The summed E-state index contributed by atoms with van der Waals surface area (Å²) < 4.78 is 18.7. The molecule has 0 aromatic heterocycles. The number of nitrogens with one attached hydrogen (secondary N) is 2. The van der Waals surface area contributed by atoms with Crippen molar-refractivity contribution in [1.82, 2.24) is 10.2 Å². The molecule has 2 aromatic carbocycles. The van der Waals surface area contributed by atoms with Crippen molar-refractivity contribution in [3.05, 3.63) is 59.9 Å². The smallest absolute Gasteiger partial charge is 0.225 e. The van der Waals surface area contributed by atoms with Crippen LogP contribution in [0.5, 0.6) is 5.75 Å². The summed E-state index contributed by atoms with van der Waals surface area (Å²) in [6.45, 7) is 3.07. The van der Waals surface area contributed by atoms with Gasteiger partial charge in [-0.15, -0.1) is 12.4 Å². The standard InChI is InChI=1S/C20H24FN3O2.ClH/c1-26-18-7-3-6-17(13-18)23-20(25)8-10-24-11-9-22-14-19(24)15-4-2-5-16(21)12-15;/h2-7,12-13,19,22H,8-11,14H2,1H3,(H,23,25);1H. The molecule has 1 saturated heterocycles. The summed E-state index contributed by atoms with van der Waals surface area (Å²) in [4.78, 5) is 14.5. The SMILES string of the molecule is COc1cccc(NC(=O)CCN2CCNCC2c2cccc(F)c2)c1.Cl. The second-order valence-corrected chi connectivity index (χ2v) is 6.34. The van der Waals surface area contributed by atoms with E-state index in [9.17, 15) is 9.18 Å². The van der Waals surface area contributed by atoms with Gasteiger partial charge < -0.3 is 15.4 Å². The lowest BCUT2D eigenvalue weighted by Crippen LogP contribution is -2.46. The van der Waals surface area contributed by atoms with Gasteiger partial charge in [0, 0.05) is 50.4 Å². The van der Waals surface area contributed by atoms with Crippen molar-refractivity contribution in [3.8, 4) is 5.75 Å². The quantitative estimate of drug-likeness (QED) is 0.791. The van der Waals surface area contributed by atoms with Crippen LogP contribution in [-0.4, -0.2) is 44.1 Å². The predicted molar refractivity (Wildman–Crippen MR) is 107 cm³/mol. The molecule has 1 atom stereocenters. The van der Waals surface area contributed by atoms with Crippen molar-refractivity contribution < 1.29 is 13.9 Å². The van der Waals surface area contributed by atoms with E-state index >= 15 is 0 Å². The number of carbonyl (C=O) groups excluding carboxylic acids is 1. The molecule has 146 valence electrons. The third kappa shape index (κ3) is 5.92. The van der Waals surface area contributed by atoms with E-state index in [1.54, 1.807) is 25.3 Å². The second kappa shape index (κ2) is 10.3. The summed E-state index contributed by atoms with van der Waals surface area (Å²) >= 11 is 0. The van der Waals surface area contributed by atoms with Crippen LogP contribution in [0.4, 0.5) is 10.1 Å². The number of nitrogens with zero attached hydrogens (tertiary/aromatic N) is 1. The van der Waals surface area contributed by atoms with Gasteiger partial charge in [-0.05, 0) is 29.8 Å². The number of benzene rings is 2. The molecule has 0 bridgehead atoms. The lowest BCUT2D eigenvalue weighted by Gasteiger charge is -2.36. The highest BCUT2D eigenvalue weighted by molar-refractivity contribution is 5.91. The summed E-state index contributed by atoms with van der Waals surface area (Å²) in [6.07, 6.45) is 0.378. The molecule has 2 N–H and O–H groups in total. The van der Waals surface area contributed by atoms with Gasteiger partial charge in [-0.3, -0.25) is 9.69 Å². The monoisotopic (exact) mass is 393 g/mol. The van der Waals surface area contributed by atoms with Crippen LogP contribution < -0.4 is 15.4 Å². The van der Waals surface area contributed by atoms with Gasteiger partial charge in [-0.25, -0.2) is 4.39 Å². The minimum absolute atomic E-state index is 0. The second-order valence-electron chi connectivity index (χ2n) is 6.34. The maximum absolute atomic E-state index is 13.6. The number of piperazine rings is 1. The predicted octanol–water partition coefficient (Wildman–Crippen LogP) is 3.23. The van der Waals surface area contributed by atoms with E-state index in [0.717, 1.165) is 30.9 Å². The van der Waals surface area contributed by atoms with Crippen LogP contribution in [0, 0.1) is 5.82 Å². The van der Waals surface area contributed by atoms with E-state index in [2.05, 4.69) is 15.5 Å². The Hall–Kier alpha value is -2.15. The number of rotatable bonds is 6. The zero-order valence-corrected chi connectivity index (χ0v) is 16.1. The molecule has 1 amide bonds. The molecular weight excluding hydrogens is 369 g/mol. The normalized spacial score (nSPS) is 17.0. The number of hydrogen-bond acceptors (Lipinski definition) is 4. The lowest BCUT2D eigenvalue weighted by atomic mass is 10.0. The minimum atomic E-state index is -0.233. The van der Waals surface area contributed by atoms with Crippen molar-refractivity contribution in [1.29, 1.82) is 0 Å². The minimum Gasteiger partial charge on any atom is -0.497 e. The molecule has 1 heterocycles. The van der Waals surface area contributed by atoms with E-state index in [1.165, 1.54) is 6.07 Å². The first-order chi connectivity index (χ1) is 12.7. The molecule has 0 saturated carbocycles. The van der Waals surface area contributed by atoms with Crippen molar-refractivity contribution >= 4 is 24.0 Å². The van der Waals surface area contributed by atoms with Crippen molar-refractivity contribution in [2.24, 2.45) is 0 Å². The Balaban J connectivity index is 0.00000261. The van der Waals surface area contributed by atoms with E-state index < -0.39 is 0 Å². The highest BCUT2D eigenvalue weighted by Gasteiger charge is 2.24. The molecule has 2 aromatic rings. The van der Waals surface area contributed by atoms with Crippen LogP contribution in [0.1, 0.15) is 18.0 Å². The molecule has 1 unspecified atom stereocenters. The maximum atomic E-state index is 13.6. The van der Waals surface area contributed by atoms with Crippen LogP contribution in [0.25, 0.3) is 0 Å². The number of amides is 1. The highest BCUT2D eigenvalue weighted by Crippen LogP contribution is 2.23. The first-order valence-electron chi connectivity index (χ1n) is 8.80. The molecule has 0 spiro atoms. The van der Waals surface area contributed by atoms with Crippen LogP contribution in [0.3, 0.4) is 0 Å². The fraction of sp³-hybridized carbons (Fsp3) is 0.350. The Labute approximate surface area is 165 Å². The number of carbonyl (C=O) groups is 1. The van der Waals surface area contributed by atoms with Crippen LogP contribution >= 0.6 is 12.4 Å². The number of methoxy groups -OCH3 is 1. The number of hydrogen-bond donors (Lipinski definition) is 2. The Bertz CT molecular complexity index is 760. The third-order valence-electron chi connectivity index (χ3n) is 4.57. The molecular formula is C20H25ClFN3O2. The average Bonchev–Trinajstić information content (AvgIpc) is 2.67. The van der Waals surface area contributed by atoms with E-state index in [0.29, 0.717) is 18.7 Å². The first kappa shape index (κ1) is 21.2. The van der Waals surface area contributed by atoms with E-state index in [-0.39, 0.29) is 30.2 Å². The van der Waals surface area contributed by atoms with Crippen molar-refractivity contribution in [2.75, 3.05) is 38.6 Å². The van der Waals surface area contributed by atoms with Crippen LogP contribution in [0.15, 0.2) is 48.5 Å². The van der Waals surface area contributed by atoms with E-state index in [4.69, 9.17) is 4.74 Å². The Morgan fingerprint density at radius 2 is 2.11 bits per heavy atom. The molecule has 5 nitrogen and oxygen atoms in total. The van der Waals surface area contributed by atoms with E-state index in [1.807, 2.05) is 24.3 Å². The van der Waals surface area contributed by atoms with Crippen LogP contribution in [-0.2, 0) is 4.79 Å². The van der Waals surface area contributed by atoms with Gasteiger partial charge in [0.05, 0.1) is 7.11 Å². The fourth-order valence-electron chi connectivity index (χ4n) is 3.23. The van der Waals surface area contributed by atoms with Gasteiger partial charge in [0.25, 0.3) is 0 Å². The number of ether oxygens (including phenoxy) is 1. The van der Waals surface area contributed by atoms with Gasteiger partial charge in [0.15, 0.2) is 0 Å². The van der Waals surface area contributed by atoms with Gasteiger partial charge in [-0.2, -0.15) is 0 Å². The summed E-state index contributed by atoms with van der Waals surface area (Å²) in [7, 11) is 1.60. The zero-order chi connectivity index (χ0) is 18.4. The topological polar surface area (TPSA) is 53.6 Å². The Morgan fingerprint density at radius 3 is 2.89 bits per heavy atom. The molecule has 7 heteroatoms. The largest absolute Gasteiger partial charge is 0.497 e.